The third-order valence-corrected chi connectivity index (χ3v) is 8.04. The maximum absolute atomic E-state index is 13.1. The van der Waals surface area contributed by atoms with Gasteiger partial charge in [0.15, 0.2) is 0 Å². The average Bonchev–Trinajstić information content (AvgIpc) is 3.54. The Bertz CT molecular complexity index is 1090. The highest BCUT2D eigenvalue weighted by Gasteiger charge is 2.51. The number of aliphatic carboxylic acids is 1. The molecule has 7 nitrogen and oxygen atoms in total. The van der Waals surface area contributed by atoms with Crippen LogP contribution in [0.25, 0.3) is 11.1 Å². The number of nitrogens with one attached hydrogen (secondary N) is 2. The lowest BCUT2D eigenvalue weighted by atomic mass is 9.84. The van der Waals surface area contributed by atoms with Crippen molar-refractivity contribution in [2.24, 2.45) is 17.8 Å². The molecule has 0 heterocycles. The zero-order valence-electron chi connectivity index (χ0n) is 19.9. The first-order valence-electron chi connectivity index (χ1n) is 12.6. The van der Waals surface area contributed by atoms with E-state index in [1.807, 2.05) is 31.2 Å². The first-order valence-corrected chi connectivity index (χ1v) is 12.6. The Balaban J connectivity index is 1.22. The van der Waals surface area contributed by atoms with Gasteiger partial charge in [0.2, 0.25) is 5.91 Å². The molecule has 4 unspecified atom stereocenters. The minimum Gasteiger partial charge on any atom is -0.481 e. The summed E-state index contributed by atoms with van der Waals surface area (Å²) in [7, 11) is 0. The predicted octanol–water partition coefficient (Wildman–Crippen LogP) is 4.31. The normalized spacial score (nSPS) is 24.9. The fraction of sp³-hybridized carbons (Fsp3) is 0.464. The van der Waals surface area contributed by atoms with Crippen molar-refractivity contribution in [3.63, 3.8) is 0 Å². The molecule has 2 aromatic carbocycles. The molecular formula is C28H32N2O5. The summed E-state index contributed by atoms with van der Waals surface area (Å²) < 4.78 is 5.62. The molecule has 5 atom stereocenters. The van der Waals surface area contributed by atoms with Gasteiger partial charge < -0.3 is 20.5 Å². The smallest absolute Gasteiger partial charge is 0.407 e. The van der Waals surface area contributed by atoms with E-state index >= 15 is 0 Å². The Labute approximate surface area is 205 Å². The lowest BCUT2D eigenvalue weighted by Gasteiger charge is -2.30. The standard InChI is InChI=1S/C28H32N2O5/c1-2-7-23(26(31)30-25-17-13-12-16(14-17)24(25)27(32)33)29-28(34)35-15-22-20-10-5-3-8-18(20)19-9-4-6-11-21(19)22/h3-6,8-11,16-17,22-25H,2,7,12-15H2,1H3,(H,29,34)(H,30,31)(H,32,33)/t16?,17?,23-,24?,25?/m1/s1. The number of alkyl carbamates (subject to hydrolysis) is 1. The van der Waals surface area contributed by atoms with Crippen LogP contribution in [-0.2, 0) is 14.3 Å². The van der Waals surface area contributed by atoms with E-state index in [9.17, 15) is 19.5 Å². The Hall–Kier alpha value is -3.35. The van der Waals surface area contributed by atoms with Gasteiger partial charge in [-0.15, -0.1) is 0 Å². The molecule has 0 aromatic heterocycles. The van der Waals surface area contributed by atoms with Crippen LogP contribution in [0, 0.1) is 17.8 Å². The maximum Gasteiger partial charge on any atom is 0.407 e. The molecule has 3 aliphatic rings. The third kappa shape index (κ3) is 4.40. The van der Waals surface area contributed by atoms with Gasteiger partial charge in [0.25, 0.3) is 0 Å². The number of carboxylic acids is 1. The minimum atomic E-state index is -0.848. The van der Waals surface area contributed by atoms with E-state index in [0.29, 0.717) is 12.8 Å². The summed E-state index contributed by atoms with van der Waals surface area (Å²) in [5.41, 5.74) is 4.55. The number of ether oxygens (including phenoxy) is 1. The Morgan fingerprint density at radius 1 is 1.00 bits per heavy atom. The van der Waals surface area contributed by atoms with Gasteiger partial charge in [-0.25, -0.2) is 4.79 Å². The van der Waals surface area contributed by atoms with E-state index in [0.717, 1.165) is 41.5 Å². The number of hydrogen-bond acceptors (Lipinski definition) is 4. The molecule has 3 aliphatic carbocycles. The lowest BCUT2D eigenvalue weighted by Crippen LogP contribution is -2.54. The molecule has 7 heteroatoms. The first-order chi connectivity index (χ1) is 17.0. The van der Waals surface area contributed by atoms with Crippen LogP contribution in [0.4, 0.5) is 4.79 Å². The van der Waals surface area contributed by atoms with Gasteiger partial charge >= 0.3 is 12.1 Å². The van der Waals surface area contributed by atoms with Crippen molar-refractivity contribution in [2.45, 2.75) is 57.0 Å². The van der Waals surface area contributed by atoms with Gasteiger partial charge in [0.1, 0.15) is 12.6 Å². The molecule has 2 aromatic rings. The first kappa shape index (κ1) is 23.4. The lowest BCUT2D eigenvalue weighted by molar-refractivity contribution is -0.144. The second-order valence-electron chi connectivity index (χ2n) is 10.0. The molecule has 0 saturated heterocycles. The van der Waals surface area contributed by atoms with Crippen LogP contribution in [0.2, 0.25) is 0 Å². The van der Waals surface area contributed by atoms with Crippen molar-refractivity contribution in [3.05, 3.63) is 59.7 Å². The number of carbonyl (C=O) groups is 3. The van der Waals surface area contributed by atoms with Crippen molar-refractivity contribution >= 4 is 18.0 Å². The number of hydrogen-bond donors (Lipinski definition) is 3. The quantitative estimate of drug-likeness (QED) is 0.527. The van der Waals surface area contributed by atoms with E-state index in [2.05, 4.69) is 34.9 Å². The summed E-state index contributed by atoms with van der Waals surface area (Å²) in [5.74, 6) is -1.46. The highest BCUT2D eigenvalue weighted by Crippen LogP contribution is 2.48. The second kappa shape index (κ2) is 9.72. The average molecular weight is 477 g/mol. The molecule has 2 amide bonds. The van der Waals surface area contributed by atoms with Crippen molar-refractivity contribution in [3.8, 4) is 11.1 Å². The summed E-state index contributed by atoms with van der Waals surface area (Å²) in [5, 5.41) is 15.4. The summed E-state index contributed by atoms with van der Waals surface area (Å²) >= 11 is 0. The monoisotopic (exact) mass is 476 g/mol. The van der Waals surface area contributed by atoms with E-state index in [1.165, 1.54) is 0 Å². The van der Waals surface area contributed by atoms with Crippen LogP contribution in [0.3, 0.4) is 0 Å². The molecule has 0 radical (unpaired) electrons. The SMILES string of the molecule is CCC[C@@H](NC(=O)OCC1c2ccccc2-c2ccccc21)C(=O)NC1C2CCC(C2)C1C(=O)O. The van der Waals surface area contributed by atoms with Crippen LogP contribution in [-0.4, -0.2) is 41.8 Å². The van der Waals surface area contributed by atoms with Crippen LogP contribution >= 0.6 is 0 Å². The van der Waals surface area contributed by atoms with Crippen molar-refractivity contribution in [1.29, 1.82) is 0 Å². The molecule has 35 heavy (non-hydrogen) atoms. The highest BCUT2D eigenvalue weighted by atomic mass is 16.5. The van der Waals surface area contributed by atoms with Crippen LogP contribution in [0.15, 0.2) is 48.5 Å². The number of benzene rings is 2. The number of fused-ring (bicyclic) bond motifs is 5. The molecule has 0 spiro atoms. The minimum absolute atomic E-state index is 0.0584. The van der Waals surface area contributed by atoms with Gasteiger partial charge in [-0.2, -0.15) is 0 Å². The van der Waals surface area contributed by atoms with Gasteiger partial charge in [0.05, 0.1) is 5.92 Å². The Kier molecular flexibility index (Phi) is 6.50. The van der Waals surface area contributed by atoms with Crippen LogP contribution < -0.4 is 10.6 Å². The maximum atomic E-state index is 13.1. The fourth-order valence-electron chi connectivity index (χ4n) is 6.46. The number of carbonyl (C=O) groups excluding carboxylic acids is 2. The number of amides is 2. The van der Waals surface area contributed by atoms with Gasteiger partial charge in [0, 0.05) is 12.0 Å². The molecule has 2 saturated carbocycles. The van der Waals surface area contributed by atoms with Crippen molar-refractivity contribution in [2.75, 3.05) is 6.61 Å². The molecular weight excluding hydrogens is 444 g/mol. The summed E-state index contributed by atoms with van der Waals surface area (Å²) in [6.45, 7) is 2.12. The molecule has 2 fully saturated rings. The largest absolute Gasteiger partial charge is 0.481 e. The van der Waals surface area contributed by atoms with E-state index in [1.54, 1.807) is 0 Å². The van der Waals surface area contributed by atoms with Crippen LogP contribution in [0.1, 0.15) is 56.1 Å². The van der Waals surface area contributed by atoms with Gasteiger partial charge in [-0.05, 0) is 59.8 Å². The molecule has 0 aliphatic heterocycles. The number of rotatable bonds is 8. The zero-order valence-corrected chi connectivity index (χ0v) is 19.9. The third-order valence-electron chi connectivity index (χ3n) is 8.04. The van der Waals surface area contributed by atoms with E-state index in [4.69, 9.17) is 4.74 Å². The highest BCUT2D eigenvalue weighted by molar-refractivity contribution is 5.86. The number of carboxylic acid groups (broad SMARTS) is 1. The van der Waals surface area contributed by atoms with E-state index in [-0.39, 0.29) is 36.3 Å². The Morgan fingerprint density at radius 3 is 2.26 bits per heavy atom. The molecule has 184 valence electrons. The second-order valence-corrected chi connectivity index (χ2v) is 10.0. The van der Waals surface area contributed by atoms with Crippen LogP contribution in [0.5, 0.6) is 0 Å². The van der Waals surface area contributed by atoms with Gasteiger partial charge in [-0.1, -0.05) is 61.9 Å². The molecule has 2 bridgehead atoms. The Morgan fingerprint density at radius 2 is 1.63 bits per heavy atom. The fourth-order valence-corrected chi connectivity index (χ4v) is 6.46. The summed E-state index contributed by atoms with van der Waals surface area (Å²) in [6, 6.07) is 15.1. The van der Waals surface area contributed by atoms with Crippen molar-refractivity contribution in [1.82, 2.24) is 10.6 Å². The molecule has 5 rings (SSSR count). The van der Waals surface area contributed by atoms with E-state index < -0.39 is 24.0 Å². The summed E-state index contributed by atoms with van der Waals surface area (Å²) in [6.07, 6.45) is 3.21. The molecule has 3 N–H and O–H groups in total. The van der Waals surface area contributed by atoms with Crippen molar-refractivity contribution < 1.29 is 24.2 Å². The zero-order chi connectivity index (χ0) is 24.5. The predicted molar refractivity (Wildman–Crippen MR) is 131 cm³/mol. The topological polar surface area (TPSA) is 105 Å². The van der Waals surface area contributed by atoms with Gasteiger partial charge in [-0.3, -0.25) is 9.59 Å². The summed E-state index contributed by atoms with van der Waals surface area (Å²) in [4.78, 5) is 37.6.